The van der Waals surface area contributed by atoms with Crippen LogP contribution < -0.4 is 0 Å². The number of hydrogen-bond donors (Lipinski definition) is 0. The highest BCUT2D eigenvalue weighted by Gasteiger charge is 2.06. The molecule has 0 amide bonds. The lowest BCUT2D eigenvalue weighted by atomic mass is 10.1. The summed E-state index contributed by atoms with van der Waals surface area (Å²) in [7, 11) is 0. The number of ketones is 1. The van der Waals surface area contributed by atoms with Crippen LogP contribution in [0.2, 0.25) is 0 Å². The first-order chi connectivity index (χ1) is 6.15. The molecule has 3 heteroatoms. The Labute approximate surface area is 89.8 Å². The molecule has 2 nitrogen and oxygen atoms in total. The van der Waals surface area contributed by atoms with Crippen LogP contribution in [0.3, 0.4) is 0 Å². The minimum atomic E-state index is -0.0990. The van der Waals surface area contributed by atoms with E-state index in [9.17, 15) is 9.59 Å². The summed E-state index contributed by atoms with van der Waals surface area (Å²) in [6, 6.07) is 6.46. The molecule has 0 aromatic heterocycles. The molecule has 0 heterocycles. The molecule has 0 bridgehead atoms. The fourth-order valence-corrected chi connectivity index (χ4v) is 1.18. The molecule has 0 aliphatic carbocycles. The summed E-state index contributed by atoms with van der Waals surface area (Å²) < 4.78 is 0.469. The number of carbonyl (C=O) groups is 2. The SMILES string of the molecule is C=C(I)C(=O)c1ccc(C=O)cc1. The van der Waals surface area contributed by atoms with Gasteiger partial charge in [0.1, 0.15) is 6.29 Å². The Morgan fingerprint density at radius 3 is 2.23 bits per heavy atom. The van der Waals surface area contributed by atoms with Crippen molar-refractivity contribution in [1.82, 2.24) is 0 Å². The monoisotopic (exact) mass is 286 g/mol. The summed E-state index contributed by atoms with van der Waals surface area (Å²) in [5.41, 5.74) is 1.13. The molecule has 0 fully saturated rings. The van der Waals surface area contributed by atoms with Crippen LogP contribution in [-0.2, 0) is 0 Å². The van der Waals surface area contributed by atoms with Gasteiger partial charge in [0.15, 0.2) is 5.78 Å². The summed E-state index contributed by atoms with van der Waals surface area (Å²) in [6.07, 6.45) is 0.743. The Bertz CT molecular complexity index is 352. The Morgan fingerprint density at radius 2 is 1.85 bits per heavy atom. The Morgan fingerprint density at radius 1 is 1.31 bits per heavy atom. The predicted molar refractivity (Wildman–Crippen MR) is 59.3 cm³/mol. The zero-order valence-corrected chi connectivity index (χ0v) is 8.95. The Balaban J connectivity index is 2.98. The number of allylic oxidation sites excluding steroid dienone is 1. The van der Waals surface area contributed by atoms with Gasteiger partial charge in [-0.25, -0.2) is 0 Å². The van der Waals surface area contributed by atoms with Crippen LogP contribution in [0, 0.1) is 0 Å². The Hall–Kier alpha value is -0.970. The molecule has 0 N–H and O–H groups in total. The normalized spacial score (nSPS) is 9.31. The second-order valence-electron chi connectivity index (χ2n) is 2.47. The quantitative estimate of drug-likeness (QED) is 0.370. The van der Waals surface area contributed by atoms with Gasteiger partial charge in [-0.2, -0.15) is 0 Å². The minimum absolute atomic E-state index is 0.0990. The zero-order chi connectivity index (χ0) is 9.84. The van der Waals surface area contributed by atoms with Crippen LogP contribution in [0.4, 0.5) is 0 Å². The van der Waals surface area contributed by atoms with E-state index in [2.05, 4.69) is 6.58 Å². The van der Waals surface area contributed by atoms with Crippen LogP contribution in [-0.4, -0.2) is 12.1 Å². The molecule has 0 atom stereocenters. The van der Waals surface area contributed by atoms with Gasteiger partial charge in [0.2, 0.25) is 0 Å². The third kappa shape index (κ3) is 2.48. The third-order valence-corrected chi connectivity index (χ3v) is 2.05. The first kappa shape index (κ1) is 10.1. The van der Waals surface area contributed by atoms with Crippen molar-refractivity contribution < 1.29 is 9.59 Å². The highest BCUT2D eigenvalue weighted by atomic mass is 127. The smallest absolute Gasteiger partial charge is 0.198 e. The Kier molecular flexibility index (Phi) is 3.36. The van der Waals surface area contributed by atoms with E-state index in [1.165, 1.54) is 0 Å². The lowest BCUT2D eigenvalue weighted by Crippen LogP contribution is -1.97. The average Bonchev–Trinajstić information content (AvgIpc) is 2.17. The summed E-state index contributed by atoms with van der Waals surface area (Å²) >= 11 is 1.88. The van der Waals surface area contributed by atoms with Crippen molar-refractivity contribution in [2.75, 3.05) is 0 Å². The summed E-state index contributed by atoms with van der Waals surface area (Å²) in [5, 5.41) is 0. The maximum absolute atomic E-state index is 11.3. The molecular weight excluding hydrogens is 279 g/mol. The second kappa shape index (κ2) is 4.32. The average molecular weight is 286 g/mol. The van der Waals surface area contributed by atoms with Gasteiger partial charge >= 0.3 is 0 Å². The first-order valence-corrected chi connectivity index (χ1v) is 4.67. The topological polar surface area (TPSA) is 34.1 Å². The summed E-state index contributed by atoms with van der Waals surface area (Å²) in [6.45, 7) is 3.54. The number of halogens is 1. The molecule has 0 aliphatic rings. The van der Waals surface area contributed by atoms with Crippen LogP contribution in [0.25, 0.3) is 0 Å². The van der Waals surface area contributed by atoms with E-state index >= 15 is 0 Å². The third-order valence-electron chi connectivity index (χ3n) is 1.56. The van der Waals surface area contributed by atoms with Crippen molar-refractivity contribution in [3.63, 3.8) is 0 Å². The van der Waals surface area contributed by atoms with Crippen LogP contribution >= 0.6 is 22.6 Å². The van der Waals surface area contributed by atoms with Crippen molar-refractivity contribution in [1.29, 1.82) is 0 Å². The highest BCUT2D eigenvalue weighted by molar-refractivity contribution is 14.1. The largest absolute Gasteiger partial charge is 0.298 e. The standard InChI is InChI=1S/C10H7IO2/c1-7(11)10(13)9-4-2-8(6-12)3-5-9/h2-6H,1H2. The lowest BCUT2D eigenvalue weighted by molar-refractivity contribution is 0.104. The van der Waals surface area contributed by atoms with E-state index in [1.54, 1.807) is 24.3 Å². The van der Waals surface area contributed by atoms with Gasteiger partial charge in [0, 0.05) is 11.1 Å². The van der Waals surface area contributed by atoms with E-state index in [1.807, 2.05) is 22.6 Å². The summed E-state index contributed by atoms with van der Waals surface area (Å²) in [4.78, 5) is 21.7. The number of aldehydes is 1. The molecule has 0 aliphatic heterocycles. The van der Waals surface area contributed by atoms with Gasteiger partial charge in [-0.05, 0) is 22.6 Å². The van der Waals surface area contributed by atoms with Crippen molar-refractivity contribution in [2.24, 2.45) is 0 Å². The molecule has 0 saturated heterocycles. The number of benzene rings is 1. The molecule has 13 heavy (non-hydrogen) atoms. The first-order valence-electron chi connectivity index (χ1n) is 3.59. The van der Waals surface area contributed by atoms with Gasteiger partial charge < -0.3 is 0 Å². The van der Waals surface area contributed by atoms with Crippen LogP contribution in [0.15, 0.2) is 34.4 Å². The second-order valence-corrected chi connectivity index (χ2v) is 3.78. The molecule has 0 saturated carbocycles. The number of carbonyl (C=O) groups excluding carboxylic acids is 2. The van der Waals surface area contributed by atoms with Crippen molar-refractivity contribution in [3.8, 4) is 0 Å². The molecular formula is C10H7IO2. The molecule has 0 spiro atoms. The zero-order valence-electron chi connectivity index (χ0n) is 6.79. The predicted octanol–water partition coefficient (Wildman–Crippen LogP) is 2.63. The van der Waals surface area contributed by atoms with Gasteiger partial charge in [-0.1, -0.05) is 30.8 Å². The van der Waals surface area contributed by atoms with E-state index in [-0.39, 0.29) is 5.78 Å². The van der Waals surface area contributed by atoms with Gasteiger partial charge in [0.25, 0.3) is 0 Å². The van der Waals surface area contributed by atoms with E-state index in [4.69, 9.17) is 0 Å². The van der Waals surface area contributed by atoms with Gasteiger partial charge in [-0.15, -0.1) is 0 Å². The van der Waals surface area contributed by atoms with Crippen molar-refractivity contribution in [3.05, 3.63) is 45.6 Å². The molecule has 1 aromatic carbocycles. The van der Waals surface area contributed by atoms with Crippen LogP contribution in [0.1, 0.15) is 20.7 Å². The molecule has 66 valence electrons. The molecule has 1 rings (SSSR count). The summed E-state index contributed by atoms with van der Waals surface area (Å²) in [5.74, 6) is -0.0990. The van der Waals surface area contributed by atoms with Gasteiger partial charge in [0.05, 0.1) is 3.58 Å². The number of rotatable bonds is 3. The molecule has 1 aromatic rings. The van der Waals surface area contributed by atoms with E-state index in [0.717, 1.165) is 6.29 Å². The maximum atomic E-state index is 11.3. The van der Waals surface area contributed by atoms with Gasteiger partial charge in [-0.3, -0.25) is 9.59 Å². The number of Topliss-reactive ketones (excluding diaryl/α,β-unsaturated/α-hetero) is 1. The minimum Gasteiger partial charge on any atom is -0.298 e. The molecule has 0 radical (unpaired) electrons. The number of hydrogen-bond acceptors (Lipinski definition) is 2. The fraction of sp³-hybridized carbons (Fsp3) is 0. The van der Waals surface area contributed by atoms with Crippen molar-refractivity contribution in [2.45, 2.75) is 0 Å². The lowest BCUT2D eigenvalue weighted by Gasteiger charge is -1.97. The fourth-order valence-electron chi connectivity index (χ4n) is 0.870. The van der Waals surface area contributed by atoms with E-state index < -0.39 is 0 Å². The maximum Gasteiger partial charge on any atom is 0.198 e. The molecule has 0 unspecified atom stereocenters. The van der Waals surface area contributed by atoms with Crippen LogP contribution in [0.5, 0.6) is 0 Å². The van der Waals surface area contributed by atoms with E-state index in [0.29, 0.717) is 14.7 Å². The highest BCUT2D eigenvalue weighted by Crippen LogP contribution is 2.12. The van der Waals surface area contributed by atoms with Crippen molar-refractivity contribution >= 4 is 34.7 Å².